The summed E-state index contributed by atoms with van der Waals surface area (Å²) < 4.78 is 15.3. The van der Waals surface area contributed by atoms with Gasteiger partial charge in [-0.2, -0.15) is 0 Å². The van der Waals surface area contributed by atoms with Crippen molar-refractivity contribution in [3.63, 3.8) is 0 Å². The van der Waals surface area contributed by atoms with Crippen molar-refractivity contribution < 1.29 is 19.0 Å². The van der Waals surface area contributed by atoms with Crippen LogP contribution in [0, 0.1) is 0 Å². The lowest BCUT2D eigenvalue weighted by molar-refractivity contribution is 0.0596. The Labute approximate surface area is 112 Å². The van der Waals surface area contributed by atoms with Crippen LogP contribution in [0.5, 0.6) is 11.5 Å². The van der Waals surface area contributed by atoms with Crippen molar-refractivity contribution in [3.05, 3.63) is 22.7 Å². The van der Waals surface area contributed by atoms with Gasteiger partial charge in [0.1, 0.15) is 17.1 Å². The summed E-state index contributed by atoms with van der Waals surface area (Å²) in [6.45, 7) is 2.60. The summed E-state index contributed by atoms with van der Waals surface area (Å²) in [4.78, 5) is 11.6. The summed E-state index contributed by atoms with van der Waals surface area (Å²) >= 11 is 5.98. The van der Waals surface area contributed by atoms with Gasteiger partial charge in [0.15, 0.2) is 0 Å². The molecule has 0 aliphatic heterocycles. The third-order valence-electron chi connectivity index (χ3n) is 2.41. The summed E-state index contributed by atoms with van der Waals surface area (Å²) in [6, 6.07) is 3.09. The maximum atomic E-state index is 11.6. The van der Waals surface area contributed by atoms with Crippen molar-refractivity contribution in [2.45, 2.75) is 19.8 Å². The molecular formula is C13H17ClO4. The molecule has 1 aromatic rings. The Bertz CT molecular complexity index is 418. The molecule has 0 radical (unpaired) electrons. The van der Waals surface area contributed by atoms with Crippen molar-refractivity contribution in [1.29, 1.82) is 0 Å². The lowest BCUT2D eigenvalue weighted by Crippen LogP contribution is -2.07. The lowest BCUT2D eigenvalue weighted by Gasteiger charge is -2.12. The van der Waals surface area contributed by atoms with Gasteiger partial charge in [-0.3, -0.25) is 0 Å². The average molecular weight is 273 g/mol. The van der Waals surface area contributed by atoms with E-state index in [9.17, 15) is 4.79 Å². The standard InChI is InChI=1S/C13H17ClO4/c1-4-5-6-18-11-8-12(16-2)10(14)7-9(11)13(15)17-3/h7-8H,4-6H2,1-3H3. The zero-order valence-electron chi connectivity index (χ0n) is 10.8. The number of esters is 1. The molecule has 0 aliphatic rings. The van der Waals surface area contributed by atoms with Crippen LogP contribution in [-0.4, -0.2) is 26.8 Å². The largest absolute Gasteiger partial charge is 0.495 e. The van der Waals surface area contributed by atoms with Crippen molar-refractivity contribution in [2.75, 3.05) is 20.8 Å². The van der Waals surface area contributed by atoms with E-state index in [0.717, 1.165) is 12.8 Å². The summed E-state index contributed by atoms with van der Waals surface area (Å²) in [6.07, 6.45) is 1.92. The first-order valence-electron chi connectivity index (χ1n) is 5.72. The number of benzene rings is 1. The van der Waals surface area contributed by atoms with Crippen molar-refractivity contribution in [3.8, 4) is 11.5 Å². The normalized spacial score (nSPS) is 10.0. The smallest absolute Gasteiger partial charge is 0.341 e. The van der Waals surface area contributed by atoms with Crippen molar-refractivity contribution in [2.24, 2.45) is 0 Å². The molecule has 0 unspecified atom stereocenters. The monoisotopic (exact) mass is 272 g/mol. The van der Waals surface area contributed by atoms with E-state index in [4.69, 9.17) is 25.8 Å². The van der Waals surface area contributed by atoms with E-state index < -0.39 is 5.97 Å². The first-order valence-corrected chi connectivity index (χ1v) is 6.10. The zero-order valence-corrected chi connectivity index (χ0v) is 11.5. The van der Waals surface area contributed by atoms with Gasteiger partial charge in [-0.1, -0.05) is 24.9 Å². The van der Waals surface area contributed by atoms with E-state index >= 15 is 0 Å². The van der Waals surface area contributed by atoms with Crippen LogP contribution in [0.4, 0.5) is 0 Å². The minimum absolute atomic E-state index is 0.305. The summed E-state index contributed by atoms with van der Waals surface area (Å²) in [5, 5.41) is 0.348. The minimum Gasteiger partial charge on any atom is -0.495 e. The molecule has 0 atom stereocenters. The number of methoxy groups -OCH3 is 2. The predicted octanol–water partition coefficient (Wildman–Crippen LogP) is 3.31. The van der Waals surface area contributed by atoms with E-state index in [1.807, 2.05) is 0 Å². The Morgan fingerprint density at radius 2 is 2.00 bits per heavy atom. The second-order valence-corrected chi connectivity index (χ2v) is 4.08. The second kappa shape index (κ2) is 7.11. The highest BCUT2D eigenvalue weighted by Crippen LogP contribution is 2.33. The summed E-state index contributed by atoms with van der Waals surface area (Å²) in [5.41, 5.74) is 0.305. The Balaban J connectivity index is 3.05. The van der Waals surface area contributed by atoms with Gasteiger partial charge < -0.3 is 14.2 Å². The van der Waals surface area contributed by atoms with Crippen LogP contribution in [0.15, 0.2) is 12.1 Å². The van der Waals surface area contributed by atoms with E-state index in [1.165, 1.54) is 20.3 Å². The molecule has 0 amide bonds. The fourth-order valence-electron chi connectivity index (χ4n) is 1.41. The quantitative estimate of drug-likeness (QED) is 0.589. The second-order valence-electron chi connectivity index (χ2n) is 3.68. The fraction of sp³-hybridized carbons (Fsp3) is 0.462. The number of carbonyl (C=O) groups excluding carboxylic acids is 1. The number of hydrogen-bond acceptors (Lipinski definition) is 4. The van der Waals surface area contributed by atoms with Gasteiger partial charge in [0.25, 0.3) is 0 Å². The van der Waals surface area contributed by atoms with E-state index in [1.54, 1.807) is 6.07 Å². The highest BCUT2D eigenvalue weighted by Gasteiger charge is 2.17. The molecule has 0 aliphatic carbocycles. The number of hydrogen-bond donors (Lipinski definition) is 0. The fourth-order valence-corrected chi connectivity index (χ4v) is 1.65. The molecule has 1 aromatic carbocycles. The lowest BCUT2D eigenvalue weighted by atomic mass is 10.2. The van der Waals surface area contributed by atoms with Gasteiger partial charge >= 0.3 is 5.97 Å². The first kappa shape index (κ1) is 14.6. The molecule has 0 spiro atoms. The molecule has 18 heavy (non-hydrogen) atoms. The molecule has 100 valence electrons. The molecule has 1 rings (SSSR count). The SMILES string of the molecule is CCCCOc1cc(OC)c(Cl)cc1C(=O)OC. The molecule has 0 fully saturated rings. The Morgan fingerprint density at radius 3 is 2.56 bits per heavy atom. The Kier molecular flexibility index (Phi) is 5.78. The number of carbonyl (C=O) groups is 1. The maximum absolute atomic E-state index is 11.6. The average Bonchev–Trinajstić information content (AvgIpc) is 2.39. The molecule has 0 saturated carbocycles. The van der Waals surface area contributed by atoms with Gasteiger partial charge in [-0.25, -0.2) is 4.79 Å². The van der Waals surface area contributed by atoms with Crippen LogP contribution in [-0.2, 0) is 4.74 Å². The number of ether oxygens (including phenoxy) is 3. The van der Waals surface area contributed by atoms with Crippen LogP contribution in [0.1, 0.15) is 30.1 Å². The third-order valence-corrected chi connectivity index (χ3v) is 2.71. The molecule has 0 N–H and O–H groups in total. The topological polar surface area (TPSA) is 44.8 Å². The highest BCUT2D eigenvalue weighted by molar-refractivity contribution is 6.32. The predicted molar refractivity (Wildman–Crippen MR) is 69.7 cm³/mol. The zero-order chi connectivity index (χ0) is 13.5. The van der Waals surface area contributed by atoms with E-state index in [-0.39, 0.29) is 0 Å². The van der Waals surface area contributed by atoms with Gasteiger partial charge in [0, 0.05) is 6.07 Å². The van der Waals surface area contributed by atoms with Crippen LogP contribution in [0.2, 0.25) is 5.02 Å². The van der Waals surface area contributed by atoms with E-state index in [2.05, 4.69) is 6.92 Å². The van der Waals surface area contributed by atoms with Crippen molar-refractivity contribution >= 4 is 17.6 Å². The molecule has 0 heterocycles. The Morgan fingerprint density at radius 1 is 1.28 bits per heavy atom. The summed E-state index contributed by atoms with van der Waals surface area (Å²) in [5.74, 6) is 0.415. The van der Waals surface area contributed by atoms with Crippen LogP contribution in [0.25, 0.3) is 0 Å². The third kappa shape index (κ3) is 3.53. The van der Waals surface area contributed by atoms with Crippen LogP contribution >= 0.6 is 11.6 Å². The molecule has 0 saturated heterocycles. The van der Waals surface area contributed by atoms with Crippen molar-refractivity contribution in [1.82, 2.24) is 0 Å². The van der Waals surface area contributed by atoms with Gasteiger partial charge in [0.05, 0.1) is 25.8 Å². The molecule has 0 aromatic heterocycles. The molecule has 5 heteroatoms. The Hall–Kier alpha value is -1.42. The highest BCUT2D eigenvalue weighted by atomic mass is 35.5. The van der Waals surface area contributed by atoms with E-state index in [0.29, 0.717) is 28.7 Å². The number of halogens is 1. The number of rotatable bonds is 6. The first-order chi connectivity index (χ1) is 8.63. The maximum Gasteiger partial charge on any atom is 0.341 e. The molecule has 4 nitrogen and oxygen atoms in total. The van der Waals surface area contributed by atoms with Crippen LogP contribution < -0.4 is 9.47 Å². The van der Waals surface area contributed by atoms with Gasteiger partial charge in [-0.05, 0) is 12.5 Å². The summed E-state index contributed by atoms with van der Waals surface area (Å²) in [7, 11) is 2.82. The molecule has 0 bridgehead atoms. The van der Waals surface area contributed by atoms with Gasteiger partial charge in [-0.15, -0.1) is 0 Å². The minimum atomic E-state index is -0.481. The van der Waals surface area contributed by atoms with Gasteiger partial charge in [0.2, 0.25) is 0 Å². The van der Waals surface area contributed by atoms with Crippen LogP contribution in [0.3, 0.4) is 0 Å². The molecular weight excluding hydrogens is 256 g/mol. The number of unbranched alkanes of at least 4 members (excludes halogenated alkanes) is 1.